The molecule has 6 heteroatoms. The van der Waals surface area contributed by atoms with Gasteiger partial charge in [0.15, 0.2) is 11.6 Å². The molecule has 2 aliphatic rings. The number of halogens is 1. The number of fused-ring (bicyclic) bond motifs is 1. The summed E-state index contributed by atoms with van der Waals surface area (Å²) in [6.45, 7) is 3.01. The van der Waals surface area contributed by atoms with E-state index in [9.17, 15) is 14.5 Å². The molecule has 0 N–H and O–H groups in total. The van der Waals surface area contributed by atoms with Gasteiger partial charge in [0.05, 0.1) is 23.8 Å². The van der Waals surface area contributed by atoms with Crippen LogP contribution in [0.2, 0.25) is 0 Å². The fraction of sp³-hybridized carbons (Fsp3) is 0.625. The number of rotatable bonds is 3. The van der Waals surface area contributed by atoms with Gasteiger partial charge in [0, 0.05) is 18.7 Å². The first-order valence-electron chi connectivity index (χ1n) is 7.81. The molecule has 1 aliphatic heterocycles. The van der Waals surface area contributed by atoms with Gasteiger partial charge in [-0.3, -0.25) is 10.1 Å². The van der Waals surface area contributed by atoms with Crippen LogP contribution >= 0.6 is 0 Å². The Labute approximate surface area is 129 Å². The van der Waals surface area contributed by atoms with Crippen molar-refractivity contribution in [3.63, 3.8) is 0 Å². The molecule has 5 nitrogen and oxygen atoms in total. The number of nitrogens with zero attached hydrogens (tertiary/aromatic N) is 2. The van der Waals surface area contributed by atoms with E-state index in [0.717, 1.165) is 25.5 Å². The molecular weight excluding hydrogens is 287 g/mol. The van der Waals surface area contributed by atoms with Crippen LogP contribution in [0.15, 0.2) is 12.1 Å². The van der Waals surface area contributed by atoms with Gasteiger partial charge in [-0.25, -0.2) is 4.39 Å². The van der Waals surface area contributed by atoms with E-state index < -0.39 is 10.7 Å². The summed E-state index contributed by atoms with van der Waals surface area (Å²) in [4.78, 5) is 12.5. The Morgan fingerprint density at radius 2 is 2.09 bits per heavy atom. The molecule has 3 atom stereocenters. The second kappa shape index (κ2) is 5.74. The van der Waals surface area contributed by atoms with Gasteiger partial charge in [-0.2, -0.15) is 0 Å². The number of hydrogen-bond donors (Lipinski definition) is 0. The molecule has 1 aromatic carbocycles. The highest BCUT2D eigenvalue weighted by molar-refractivity contribution is 5.61. The molecule has 0 bridgehead atoms. The summed E-state index contributed by atoms with van der Waals surface area (Å²) in [5.74, 6) is 0.694. The average Bonchev–Trinajstić information content (AvgIpc) is 2.84. The summed E-state index contributed by atoms with van der Waals surface area (Å²) in [6.07, 6.45) is 4.66. The van der Waals surface area contributed by atoms with E-state index >= 15 is 0 Å². The fourth-order valence-electron chi connectivity index (χ4n) is 4.11. The molecule has 0 amide bonds. The van der Waals surface area contributed by atoms with E-state index in [4.69, 9.17) is 4.74 Å². The van der Waals surface area contributed by atoms with E-state index in [2.05, 4.69) is 11.8 Å². The zero-order valence-corrected chi connectivity index (χ0v) is 12.9. The van der Waals surface area contributed by atoms with Crippen LogP contribution in [0.4, 0.5) is 15.8 Å². The monoisotopic (exact) mass is 308 g/mol. The number of nitro groups is 1. The van der Waals surface area contributed by atoms with Crippen molar-refractivity contribution in [2.75, 3.05) is 18.6 Å². The highest BCUT2D eigenvalue weighted by Gasteiger charge is 2.41. The minimum absolute atomic E-state index is 0.119. The second-order valence-electron chi connectivity index (χ2n) is 6.38. The van der Waals surface area contributed by atoms with Gasteiger partial charge in [0.25, 0.3) is 0 Å². The molecule has 0 aromatic heterocycles. The lowest BCUT2D eigenvalue weighted by molar-refractivity contribution is -0.385. The Hall–Kier alpha value is -1.85. The number of benzene rings is 1. The molecule has 1 saturated carbocycles. The van der Waals surface area contributed by atoms with Crippen molar-refractivity contribution in [3.8, 4) is 5.75 Å². The molecule has 120 valence electrons. The van der Waals surface area contributed by atoms with Crippen LogP contribution in [-0.4, -0.2) is 24.6 Å². The summed E-state index contributed by atoms with van der Waals surface area (Å²) in [5.41, 5.74) is 0.111. The van der Waals surface area contributed by atoms with Crippen molar-refractivity contribution < 1.29 is 14.1 Å². The van der Waals surface area contributed by atoms with Gasteiger partial charge < -0.3 is 9.64 Å². The van der Waals surface area contributed by atoms with E-state index in [1.807, 2.05) is 0 Å². The van der Waals surface area contributed by atoms with Crippen LogP contribution in [0.5, 0.6) is 5.75 Å². The van der Waals surface area contributed by atoms with Crippen molar-refractivity contribution >= 4 is 11.4 Å². The lowest BCUT2D eigenvalue weighted by Crippen LogP contribution is -2.35. The summed E-state index contributed by atoms with van der Waals surface area (Å²) >= 11 is 0. The molecule has 1 saturated heterocycles. The van der Waals surface area contributed by atoms with Crippen LogP contribution in [0, 0.1) is 27.8 Å². The lowest BCUT2D eigenvalue weighted by Gasteiger charge is -2.33. The van der Waals surface area contributed by atoms with Crippen LogP contribution in [0.25, 0.3) is 0 Å². The predicted octanol–water partition coefficient (Wildman–Crippen LogP) is 3.76. The number of anilines is 1. The number of hydrogen-bond acceptors (Lipinski definition) is 4. The maximum absolute atomic E-state index is 14.5. The lowest BCUT2D eigenvalue weighted by atomic mass is 9.80. The van der Waals surface area contributed by atoms with E-state index in [-0.39, 0.29) is 11.4 Å². The summed E-state index contributed by atoms with van der Waals surface area (Å²) in [6, 6.07) is 2.80. The maximum Gasteiger partial charge on any atom is 0.313 e. The zero-order valence-electron chi connectivity index (χ0n) is 12.9. The zero-order chi connectivity index (χ0) is 15.9. The Morgan fingerprint density at radius 1 is 1.36 bits per heavy atom. The summed E-state index contributed by atoms with van der Waals surface area (Å²) < 4.78 is 19.6. The molecule has 1 aromatic rings. The highest BCUT2D eigenvalue weighted by atomic mass is 19.1. The molecule has 1 heterocycles. The standard InChI is InChI=1S/C16H21FN2O3/c1-10-9-18(13-6-4-3-5-11(10)13)14-8-16(22-2)15(19(20)21)7-12(14)17/h7-8,10-11,13H,3-6,9H2,1-2H3. The first-order chi connectivity index (χ1) is 10.5. The number of ether oxygens (including phenoxy) is 1. The normalized spacial score (nSPS) is 27.6. The van der Waals surface area contributed by atoms with Gasteiger partial charge in [-0.05, 0) is 24.7 Å². The summed E-state index contributed by atoms with van der Waals surface area (Å²) in [5, 5.41) is 11.0. The molecule has 0 spiro atoms. The average molecular weight is 308 g/mol. The molecule has 0 radical (unpaired) electrons. The minimum Gasteiger partial charge on any atom is -0.490 e. The van der Waals surface area contributed by atoms with Gasteiger partial charge in [0.2, 0.25) is 0 Å². The van der Waals surface area contributed by atoms with Crippen molar-refractivity contribution in [2.45, 2.75) is 38.6 Å². The molecule has 22 heavy (non-hydrogen) atoms. The molecule has 3 unspecified atom stereocenters. The largest absolute Gasteiger partial charge is 0.490 e. The first-order valence-corrected chi connectivity index (χ1v) is 7.81. The highest BCUT2D eigenvalue weighted by Crippen LogP contribution is 2.44. The Balaban J connectivity index is 1.99. The second-order valence-corrected chi connectivity index (χ2v) is 6.38. The Morgan fingerprint density at radius 3 is 2.77 bits per heavy atom. The number of nitro benzene ring substituents is 1. The van der Waals surface area contributed by atoms with Gasteiger partial charge in [0.1, 0.15) is 0 Å². The Kier molecular flexibility index (Phi) is 3.93. The third-order valence-corrected chi connectivity index (χ3v) is 5.15. The number of methoxy groups -OCH3 is 1. The first kappa shape index (κ1) is 15.1. The van der Waals surface area contributed by atoms with Gasteiger partial charge in [-0.1, -0.05) is 19.8 Å². The fourth-order valence-corrected chi connectivity index (χ4v) is 4.11. The molecular formula is C16H21FN2O3. The van der Waals surface area contributed by atoms with Crippen LogP contribution < -0.4 is 9.64 Å². The van der Waals surface area contributed by atoms with Crippen molar-refractivity contribution in [3.05, 3.63) is 28.1 Å². The van der Waals surface area contributed by atoms with Crippen LogP contribution in [0.1, 0.15) is 32.6 Å². The minimum atomic E-state index is -0.609. The van der Waals surface area contributed by atoms with Gasteiger partial charge >= 0.3 is 5.69 Å². The topological polar surface area (TPSA) is 55.6 Å². The molecule has 3 rings (SSSR count). The quantitative estimate of drug-likeness (QED) is 0.630. The predicted molar refractivity (Wildman–Crippen MR) is 81.9 cm³/mol. The van der Waals surface area contributed by atoms with Crippen molar-refractivity contribution in [1.29, 1.82) is 0 Å². The van der Waals surface area contributed by atoms with Crippen LogP contribution in [-0.2, 0) is 0 Å². The smallest absolute Gasteiger partial charge is 0.313 e. The molecule has 2 fully saturated rings. The van der Waals surface area contributed by atoms with Gasteiger partial charge in [-0.15, -0.1) is 0 Å². The summed E-state index contributed by atoms with van der Waals surface area (Å²) in [7, 11) is 1.38. The van der Waals surface area contributed by atoms with E-state index in [1.54, 1.807) is 0 Å². The van der Waals surface area contributed by atoms with Crippen molar-refractivity contribution in [1.82, 2.24) is 0 Å². The van der Waals surface area contributed by atoms with E-state index in [1.165, 1.54) is 26.0 Å². The molecule has 1 aliphatic carbocycles. The SMILES string of the molecule is COc1cc(N2CC(C)C3CCCCC32)c(F)cc1[N+](=O)[O-]. The van der Waals surface area contributed by atoms with Crippen LogP contribution in [0.3, 0.4) is 0 Å². The third-order valence-electron chi connectivity index (χ3n) is 5.15. The maximum atomic E-state index is 14.5. The Bertz CT molecular complexity index is 593. The third kappa shape index (κ3) is 2.40. The van der Waals surface area contributed by atoms with E-state index in [0.29, 0.717) is 23.6 Å². The van der Waals surface area contributed by atoms with Crippen molar-refractivity contribution in [2.24, 2.45) is 11.8 Å².